The second-order valence-electron chi connectivity index (χ2n) is 4.34. The Morgan fingerprint density at radius 2 is 2.26 bits per heavy atom. The van der Waals surface area contributed by atoms with E-state index in [1.807, 2.05) is 0 Å². The number of fused-ring (bicyclic) bond motifs is 1. The van der Waals surface area contributed by atoms with Crippen molar-refractivity contribution in [2.24, 2.45) is 0 Å². The van der Waals surface area contributed by atoms with Crippen LogP contribution in [-0.2, 0) is 4.79 Å². The molecule has 0 aliphatic heterocycles. The molecule has 0 aromatic carbocycles. The molecule has 0 spiro atoms. The zero-order valence-corrected chi connectivity index (χ0v) is 13.1. The van der Waals surface area contributed by atoms with Gasteiger partial charge >= 0.3 is 5.97 Å². The lowest BCUT2D eigenvalue weighted by molar-refractivity contribution is -0.135. The fourth-order valence-corrected chi connectivity index (χ4v) is 2.70. The Morgan fingerprint density at radius 3 is 2.96 bits per heavy atom. The first-order valence-electron chi connectivity index (χ1n) is 6.62. The van der Waals surface area contributed by atoms with E-state index in [1.54, 1.807) is 6.92 Å². The van der Waals surface area contributed by atoms with E-state index in [0.29, 0.717) is 17.2 Å². The van der Waals surface area contributed by atoms with Gasteiger partial charge < -0.3 is 15.5 Å². The summed E-state index contributed by atoms with van der Waals surface area (Å²) >= 11 is 1.42. The van der Waals surface area contributed by atoms with E-state index in [2.05, 4.69) is 27.2 Å². The number of carboxylic acids is 1. The van der Waals surface area contributed by atoms with Crippen LogP contribution >= 0.6 is 11.8 Å². The quantitative estimate of drug-likeness (QED) is 0.405. The molecule has 2 aromatic heterocycles. The molecule has 0 saturated heterocycles. The van der Waals surface area contributed by atoms with E-state index < -0.39 is 18.4 Å². The van der Waals surface area contributed by atoms with Crippen LogP contribution in [0.15, 0.2) is 17.4 Å². The van der Waals surface area contributed by atoms with Crippen molar-refractivity contribution in [3.8, 4) is 17.6 Å². The molecule has 1 amide bonds. The highest BCUT2D eigenvalue weighted by Crippen LogP contribution is 2.28. The molecule has 23 heavy (non-hydrogen) atoms. The number of aromatic nitrogens is 3. The Balaban J connectivity index is 2.31. The van der Waals surface area contributed by atoms with E-state index in [-0.39, 0.29) is 17.0 Å². The summed E-state index contributed by atoms with van der Waals surface area (Å²) in [5, 5.41) is 25.6. The van der Waals surface area contributed by atoms with E-state index in [0.717, 1.165) is 0 Å². The number of carboxylic acid groups (broad SMARTS) is 1. The number of pyridine rings is 1. The Labute approximate surface area is 135 Å². The molecular weight excluding hydrogens is 320 g/mol. The van der Waals surface area contributed by atoms with Crippen LogP contribution in [0.5, 0.6) is 5.75 Å². The number of rotatable bonds is 6. The van der Waals surface area contributed by atoms with Gasteiger partial charge in [-0.05, 0) is 6.92 Å². The SMILES string of the molecule is CC#CCCSc1cc(O)c(C(=O)NCC(=O)O)c2ncnn12. The standard InChI is InChI=1S/C14H14N4O4S/c1-2-3-4-5-23-10-6-9(19)12(13-16-8-17-18(10)13)14(22)15-7-11(20)21/h6,8,19H,4-5,7H2,1H3,(H,15,22)(H,20,21). The van der Waals surface area contributed by atoms with Gasteiger partial charge in [-0.3, -0.25) is 9.59 Å². The Kier molecular flexibility index (Phi) is 5.43. The number of hydrogen-bond donors (Lipinski definition) is 3. The molecule has 2 heterocycles. The van der Waals surface area contributed by atoms with Gasteiger partial charge in [0.25, 0.3) is 5.91 Å². The summed E-state index contributed by atoms with van der Waals surface area (Å²) in [6.45, 7) is 1.21. The van der Waals surface area contributed by atoms with Crippen molar-refractivity contribution in [3.63, 3.8) is 0 Å². The van der Waals surface area contributed by atoms with Crippen molar-refractivity contribution < 1.29 is 19.8 Å². The second kappa shape index (κ2) is 7.51. The number of aliphatic carboxylic acids is 1. The first-order chi connectivity index (χ1) is 11.0. The highest BCUT2D eigenvalue weighted by Gasteiger charge is 2.20. The summed E-state index contributed by atoms with van der Waals surface area (Å²) in [6, 6.07) is 1.40. The molecule has 0 bridgehead atoms. The van der Waals surface area contributed by atoms with Crippen molar-refractivity contribution in [1.82, 2.24) is 19.9 Å². The van der Waals surface area contributed by atoms with Crippen molar-refractivity contribution >= 4 is 29.3 Å². The van der Waals surface area contributed by atoms with Crippen molar-refractivity contribution in [3.05, 3.63) is 18.0 Å². The summed E-state index contributed by atoms with van der Waals surface area (Å²) in [5.74, 6) is 4.24. The largest absolute Gasteiger partial charge is 0.507 e. The zero-order valence-electron chi connectivity index (χ0n) is 12.2. The average Bonchev–Trinajstić information content (AvgIpc) is 2.98. The number of amides is 1. The van der Waals surface area contributed by atoms with Gasteiger partial charge in [-0.15, -0.1) is 23.6 Å². The molecule has 3 N–H and O–H groups in total. The lowest BCUT2D eigenvalue weighted by atomic mass is 10.2. The number of carbonyl (C=O) groups excluding carboxylic acids is 1. The Hall–Kier alpha value is -2.73. The summed E-state index contributed by atoms with van der Waals surface area (Å²) in [5.41, 5.74) is 0.0541. The van der Waals surface area contributed by atoms with E-state index in [1.165, 1.54) is 28.7 Å². The van der Waals surface area contributed by atoms with Gasteiger partial charge in [0.2, 0.25) is 0 Å². The highest BCUT2D eigenvalue weighted by atomic mass is 32.2. The number of carbonyl (C=O) groups is 2. The van der Waals surface area contributed by atoms with Gasteiger partial charge in [-0.2, -0.15) is 5.10 Å². The van der Waals surface area contributed by atoms with Crippen LogP contribution in [0.2, 0.25) is 0 Å². The predicted octanol–water partition coefficient (Wildman–Crippen LogP) is 0.755. The third-order valence-corrected chi connectivity index (χ3v) is 3.77. The van der Waals surface area contributed by atoms with E-state index in [9.17, 15) is 14.7 Å². The number of aromatic hydroxyl groups is 1. The minimum Gasteiger partial charge on any atom is -0.507 e. The molecule has 0 unspecified atom stereocenters. The lowest BCUT2D eigenvalue weighted by Crippen LogP contribution is -2.29. The fraction of sp³-hybridized carbons (Fsp3) is 0.286. The maximum Gasteiger partial charge on any atom is 0.322 e. The van der Waals surface area contributed by atoms with Crippen LogP contribution in [-0.4, -0.2) is 49.0 Å². The fourth-order valence-electron chi connectivity index (χ4n) is 1.83. The minimum absolute atomic E-state index is 0.110. The van der Waals surface area contributed by atoms with Crippen LogP contribution in [0.4, 0.5) is 0 Å². The Morgan fingerprint density at radius 1 is 1.48 bits per heavy atom. The maximum absolute atomic E-state index is 12.1. The van der Waals surface area contributed by atoms with Gasteiger partial charge in [-0.25, -0.2) is 9.50 Å². The first-order valence-corrected chi connectivity index (χ1v) is 7.61. The van der Waals surface area contributed by atoms with Crippen LogP contribution in [0, 0.1) is 11.8 Å². The number of nitrogens with one attached hydrogen (secondary N) is 1. The first kappa shape index (κ1) is 16.6. The monoisotopic (exact) mass is 334 g/mol. The number of hydrogen-bond acceptors (Lipinski definition) is 6. The minimum atomic E-state index is -1.18. The molecule has 120 valence electrons. The van der Waals surface area contributed by atoms with Crippen molar-refractivity contribution in [2.75, 3.05) is 12.3 Å². The third-order valence-electron chi connectivity index (χ3n) is 2.78. The molecule has 0 atom stereocenters. The zero-order chi connectivity index (χ0) is 16.8. The molecule has 2 rings (SSSR count). The van der Waals surface area contributed by atoms with Gasteiger partial charge in [0.1, 0.15) is 29.2 Å². The predicted molar refractivity (Wildman–Crippen MR) is 83.4 cm³/mol. The van der Waals surface area contributed by atoms with E-state index in [4.69, 9.17) is 5.11 Å². The van der Waals surface area contributed by atoms with Crippen LogP contribution in [0.3, 0.4) is 0 Å². The molecular formula is C14H14N4O4S. The molecule has 0 fully saturated rings. The number of nitrogens with zero attached hydrogens (tertiary/aromatic N) is 3. The molecule has 0 saturated carbocycles. The molecule has 8 nitrogen and oxygen atoms in total. The van der Waals surface area contributed by atoms with Crippen LogP contribution in [0.1, 0.15) is 23.7 Å². The van der Waals surface area contributed by atoms with Crippen LogP contribution < -0.4 is 5.32 Å². The van der Waals surface area contributed by atoms with Gasteiger partial charge in [0, 0.05) is 18.2 Å². The summed E-state index contributed by atoms with van der Waals surface area (Å²) in [4.78, 5) is 26.6. The van der Waals surface area contributed by atoms with Crippen LogP contribution in [0.25, 0.3) is 5.65 Å². The second-order valence-corrected chi connectivity index (χ2v) is 5.46. The lowest BCUT2D eigenvalue weighted by Gasteiger charge is -2.09. The highest BCUT2D eigenvalue weighted by molar-refractivity contribution is 7.99. The van der Waals surface area contributed by atoms with Gasteiger partial charge in [-0.1, -0.05) is 0 Å². The van der Waals surface area contributed by atoms with Crippen molar-refractivity contribution in [1.29, 1.82) is 0 Å². The summed E-state index contributed by atoms with van der Waals surface area (Å²) < 4.78 is 1.43. The molecule has 0 aliphatic carbocycles. The molecule has 0 aliphatic rings. The van der Waals surface area contributed by atoms with Crippen molar-refractivity contribution in [2.45, 2.75) is 18.4 Å². The molecule has 2 aromatic rings. The smallest absolute Gasteiger partial charge is 0.322 e. The third kappa shape index (κ3) is 3.92. The Bertz CT molecular complexity index is 806. The summed E-state index contributed by atoms with van der Waals surface area (Å²) in [7, 11) is 0. The molecule has 9 heteroatoms. The number of thioether (sulfide) groups is 1. The summed E-state index contributed by atoms with van der Waals surface area (Å²) in [6.07, 6.45) is 1.94. The molecule has 0 radical (unpaired) electrons. The average molecular weight is 334 g/mol. The van der Waals surface area contributed by atoms with Gasteiger partial charge in [0.05, 0.1) is 0 Å². The van der Waals surface area contributed by atoms with E-state index >= 15 is 0 Å². The van der Waals surface area contributed by atoms with Gasteiger partial charge in [0.15, 0.2) is 5.65 Å². The normalized spacial score (nSPS) is 10.1. The topological polar surface area (TPSA) is 117 Å². The maximum atomic E-state index is 12.1.